The maximum Gasteiger partial charge on any atom is 0.218 e. The van der Waals surface area contributed by atoms with E-state index in [1.54, 1.807) is 23.1 Å². The zero-order chi connectivity index (χ0) is 13.9. The molecule has 0 saturated heterocycles. The molecule has 0 bridgehead atoms. The van der Waals surface area contributed by atoms with E-state index in [4.69, 9.17) is 16.3 Å². The van der Waals surface area contributed by atoms with Crippen LogP contribution in [0.4, 0.5) is 0 Å². The average Bonchev–Trinajstić information content (AvgIpc) is 2.83. The van der Waals surface area contributed by atoms with Crippen LogP contribution in [0.2, 0.25) is 5.02 Å². The first-order valence-corrected chi connectivity index (χ1v) is 6.33. The number of hydrogen-bond acceptors (Lipinski definition) is 3. The molecule has 0 atom stereocenters. The molecule has 2 aromatic rings. The van der Waals surface area contributed by atoms with E-state index in [-0.39, 0.29) is 5.41 Å². The number of hydrogen-bond donors (Lipinski definition) is 0. The first kappa shape index (κ1) is 13.6. The highest BCUT2D eigenvalue weighted by Crippen LogP contribution is 2.23. The fourth-order valence-corrected chi connectivity index (χ4v) is 1.58. The third-order valence-electron chi connectivity index (χ3n) is 2.24. The fourth-order valence-electron chi connectivity index (χ4n) is 1.46. The van der Waals surface area contributed by atoms with E-state index < -0.39 is 0 Å². The van der Waals surface area contributed by atoms with Crippen LogP contribution < -0.4 is 4.74 Å². The van der Waals surface area contributed by atoms with Crippen LogP contribution in [-0.2, 0) is 0 Å². The van der Waals surface area contributed by atoms with Crippen LogP contribution in [0.25, 0.3) is 5.88 Å². The third kappa shape index (κ3) is 4.10. The van der Waals surface area contributed by atoms with Crippen molar-refractivity contribution in [2.75, 3.05) is 0 Å². The lowest BCUT2D eigenvalue weighted by molar-refractivity contribution is 0.443. The van der Waals surface area contributed by atoms with Crippen molar-refractivity contribution in [3.63, 3.8) is 0 Å². The number of benzene rings is 1. The van der Waals surface area contributed by atoms with Gasteiger partial charge in [0.2, 0.25) is 5.88 Å². The molecule has 0 aliphatic rings. The molecule has 1 aromatic heterocycles. The highest BCUT2D eigenvalue weighted by Gasteiger charge is 2.12. The first-order valence-electron chi connectivity index (χ1n) is 5.95. The molecule has 0 radical (unpaired) electrons. The molecule has 1 aromatic carbocycles. The smallest absolute Gasteiger partial charge is 0.218 e. The number of halogens is 1. The molecule has 0 aliphatic heterocycles. The minimum Gasteiger partial charge on any atom is -0.439 e. The average molecular weight is 278 g/mol. The number of aromatic nitrogens is 3. The number of ether oxygens (including phenoxy) is 1. The summed E-state index contributed by atoms with van der Waals surface area (Å²) in [6.07, 6.45) is 5.07. The molecule has 100 valence electrons. The molecular formula is C14H16ClN3O. The van der Waals surface area contributed by atoms with E-state index in [2.05, 4.69) is 30.9 Å². The topological polar surface area (TPSA) is 39.9 Å². The molecule has 0 amide bonds. The second-order valence-corrected chi connectivity index (χ2v) is 5.68. The molecule has 5 heteroatoms. The molecular weight excluding hydrogens is 262 g/mol. The van der Waals surface area contributed by atoms with Gasteiger partial charge in [-0.05, 0) is 35.8 Å². The van der Waals surface area contributed by atoms with E-state index in [9.17, 15) is 0 Å². The summed E-state index contributed by atoms with van der Waals surface area (Å²) in [5.74, 6) is 1.32. The van der Waals surface area contributed by atoms with Crippen molar-refractivity contribution in [1.29, 1.82) is 0 Å². The lowest BCUT2D eigenvalue weighted by Crippen LogP contribution is -2.10. The van der Waals surface area contributed by atoms with Crippen molar-refractivity contribution in [2.24, 2.45) is 5.41 Å². The Morgan fingerprint density at radius 2 is 1.95 bits per heavy atom. The summed E-state index contributed by atoms with van der Waals surface area (Å²) in [6, 6.07) is 7.20. The summed E-state index contributed by atoms with van der Waals surface area (Å²) >= 11 is 5.86. The van der Waals surface area contributed by atoms with E-state index in [1.165, 1.54) is 6.33 Å². The Bertz CT molecular complexity index is 553. The van der Waals surface area contributed by atoms with Crippen LogP contribution >= 0.6 is 11.6 Å². The summed E-state index contributed by atoms with van der Waals surface area (Å²) in [7, 11) is 0. The van der Waals surface area contributed by atoms with Crippen molar-refractivity contribution < 1.29 is 4.74 Å². The molecule has 1 heterocycles. The van der Waals surface area contributed by atoms with Crippen molar-refractivity contribution >= 4 is 17.5 Å². The summed E-state index contributed by atoms with van der Waals surface area (Å²) in [5, 5.41) is 4.78. The van der Waals surface area contributed by atoms with Gasteiger partial charge in [-0.25, -0.2) is 4.98 Å². The van der Waals surface area contributed by atoms with Gasteiger partial charge in [-0.3, -0.25) is 0 Å². The lowest BCUT2D eigenvalue weighted by atomic mass is 9.97. The third-order valence-corrected chi connectivity index (χ3v) is 2.49. The maximum atomic E-state index is 5.86. The Morgan fingerprint density at radius 1 is 1.26 bits per heavy atom. The van der Waals surface area contributed by atoms with Gasteiger partial charge in [0.05, 0.1) is 0 Å². The fraction of sp³-hybridized carbons (Fsp3) is 0.286. The maximum absolute atomic E-state index is 5.86. The molecule has 0 N–H and O–H groups in total. The number of nitrogens with zero attached hydrogens (tertiary/aromatic N) is 3. The molecule has 0 unspecified atom stereocenters. The van der Waals surface area contributed by atoms with Gasteiger partial charge in [-0.1, -0.05) is 32.4 Å². The van der Waals surface area contributed by atoms with Crippen molar-refractivity contribution in [2.45, 2.75) is 20.8 Å². The molecule has 0 aliphatic carbocycles. The SMILES string of the molecule is CC(C)(C)/C=C(/Oc1ccc(Cl)cc1)n1cncn1. The summed E-state index contributed by atoms with van der Waals surface area (Å²) in [6.45, 7) is 6.28. The van der Waals surface area contributed by atoms with Gasteiger partial charge in [0.25, 0.3) is 0 Å². The van der Waals surface area contributed by atoms with Crippen molar-refractivity contribution in [3.8, 4) is 5.75 Å². The van der Waals surface area contributed by atoms with Gasteiger partial charge in [0.1, 0.15) is 18.4 Å². The molecule has 4 nitrogen and oxygen atoms in total. The second kappa shape index (κ2) is 5.45. The van der Waals surface area contributed by atoms with E-state index in [1.807, 2.05) is 18.2 Å². The monoisotopic (exact) mass is 277 g/mol. The van der Waals surface area contributed by atoms with Gasteiger partial charge in [-0.15, -0.1) is 0 Å². The number of allylic oxidation sites excluding steroid dienone is 1. The van der Waals surface area contributed by atoms with Crippen molar-refractivity contribution in [1.82, 2.24) is 14.8 Å². The van der Waals surface area contributed by atoms with E-state index >= 15 is 0 Å². The Balaban J connectivity index is 2.29. The van der Waals surface area contributed by atoms with Crippen molar-refractivity contribution in [3.05, 3.63) is 48.0 Å². The highest BCUT2D eigenvalue weighted by atomic mass is 35.5. The van der Waals surface area contributed by atoms with E-state index in [0.717, 1.165) is 0 Å². The summed E-state index contributed by atoms with van der Waals surface area (Å²) in [5.41, 5.74) is -0.0340. The van der Waals surface area contributed by atoms with Gasteiger partial charge >= 0.3 is 0 Å². The summed E-state index contributed by atoms with van der Waals surface area (Å²) < 4.78 is 7.45. The molecule has 0 fully saturated rings. The Morgan fingerprint density at radius 3 is 2.47 bits per heavy atom. The van der Waals surface area contributed by atoms with Gasteiger partial charge in [0, 0.05) is 5.02 Å². The van der Waals surface area contributed by atoms with Crippen LogP contribution in [0.3, 0.4) is 0 Å². The predicted molar refractivity (Wildman–Crippen MR) is 75.8 cm³/mol. The standard InChI is InChI=1S/C14H16ClN3O/c1-14(2,3)8-13(18-10-16-9-17-18)19-12-6-4-11(15)5-7-12/h4-10H,1-3H3/b13-8+. The van der Waals surface area contributed by atoms with Crippen LogP contribution in [-0.4, -0.2) is 14.8 Å². The van der Waals surface area contributed by atoms with Gasteiger partial charge in [0.15, 0.2) is 0 Å². The minimum atomic E-state index is -0.0340. The Labute approximate surface area is 117 Å². The van der Waals surface area contributed by atoms with Crippen LogP contribution in [0.15, 0.2) is 43.0 Å². The first-order chi connectivity index (χ1) is 8.94. The van der Waals surface area contributed by atoms with Crippen LogP contribution in [0.5, 0.6) is 5.75 Å². The Kier molecular flexibility index (Phi) is 3.90. The zero-order valence-corrected chi connectivity index (χ0v) is 11.9. The minimum absolute atomic E-state index is 0.0340. The second-order valence-electron chi connectivity index (χ2n) is 5.24. The van der Waals surface area contributed by atoms with E-state index in [0.29, 0.717) is 16.7 Å². The van der Waals surface area contributed by atoms with Crippen LogP contribution in [0.1, 0.15) is 20.8 Å². The normalized spacial score (nSPS) is 12.5. The highest BCUT2D eigenvalue weighted by molar-refractivity contribution is 6.30. The zero-order valence-electron chi connectivity index (χ0n) is 11.2. The molecule has 0 saturated carbocycles. The largest absolute Gasteiger partial charge is 0.439 e. The Hall–Kier alpha value is -1.81. The van der Waals surface area contributed by atoms with Gasteiger partial charge < -0.3 is 4.74 Å². The predicted octanol–water partition coefficient (Wildman–Crippen LogP) is 3.86. The van der Waals surface area contributed by atoms with Gasteiger partial charge in [-0.2, -0.15) is 9.78 Å². The lowest BCUT2D eigenvalue weighted by Gasteiger charge is -2.16. The summed E-state index contributed by atoms with van der Waals surface area (Å²) in [4.78, 5) is 3.94. The quantitative estimate of drug-likeness (QED) is 0.800. The number of rotatable bonds is 3. The molecule has 19 heavy (non-hydrogen) atoms. The molecule has 2 rings (SSSR count). The molecule has 0 spiro atoms. The van der Waals surface area contributed by atoms with Crippen LogP contribution in [0, 0.1) is 5.41 Å².